The van der Waals surface area contributed by atoms with Gasteiger partial charge in [0.1, 0.15) is 5.69 Å². The van der Waals surface area contributed by atoms with Gasteiger partial charge in [0, 0.05) is 16.8 Å². The normalized spacial score (nSPS) is 11.4. The second-order valence-corrected chi connectivity index (χ2v) is 4.29. The number of aromatic amines is 1. The Labute approximate surface area is 118 Å². The fourth-order valence-corrected chi connectivity index (χ4v) is 1.76. The summed E-state index contributed by atoms with van der Waals surface area (Å²) in [5.41, 5.74) is 6.25. The number of halogens is 2. The van der Waals surface area contributed by atoms with Gasteiger partial charge in [-0.15, -0.1) is 0 Å². The highest BCUT2D eigenvalue weighted by atomic mass is 35.5. The van der Waals surface area contributed by atoms with Crippen molar-refractivity contribution in [1.29, 1.82) is 0 Å². The fraction of sp³-hybridized carbons (Fsp3) is 0. The molecule has 0 amide bonds. The molecular formula is C11H8Cl2N4O2. The predicted molar refractivity (Wildman–Crippen MR) is 71.2 cm³/mol. The lowest BCUT2D eigenvalue weighted by Crippen LogP contribution is -2.16. The van der Waals surface area contributed by atoms with E-state index in [1.54, 1.807) is 12.1 Å². The molecule has 3 N–H and O–H groups in total. The van der Waals surface area contributed by atoms with E-state index in [9.17, 15) is 4.79 Å². The third kappa shape index (κ3) is 3.24. The van der Waals surface area contributed by atoms with Crippen LogP contribution in [0.15, 0.2) is 35.6 Å². The lowest BCUT2D eigenvalue weighted by molar-refractivity contribution is 0.0509. The first-order valence-corrected chi connectivity index (χ1v) is 5.83. The van der Waals surface area contributed by atoms with Crippen LogP contribution in [0.25, 0.3) is 0 Å². The van der Waals surface area contributed by atoms with Crippen molar-refractivity contribution in [2.45, 2.75) is 0 Å². The van der Waals surface area contributed by atoms with Crippen molar-refractivity contribution in [3.05, 3.63) is 51.8 Å². The molecule has 0 bridgehead atoms. The molecule has 0 radical (unpaired) electrons. The molecule has 1 aromatic heterocycles. The topological polar surface area (TPSA) is 93.4 Å². The van der Waals surface area contributed by atoms with Gasteiger partial charge in [0.25, 0.3) is 0 Å². The van der Waals surface area contributed by atoms with Crippen LogP contribution < -0.4 is 5.73 Å². The molecule has 0 aliphatic carbocycles. The standard InChI is InChI=1S/C11H8Cl2N4O2/c12-6-1-2-7(8(13)5-6)10(14)17-19-11(18)9-3-4-15-16-9/h1-5H,(H2,14,17)(H,15,16). The third-order valence-corrected chi connectivity index (χ3v) is 2.70. The van der Waals surface area contributed by atoms with Gasteiger partial charge in [-0.2, -0.15) is 5.10 Å². The van der Waals surface area contributed by atoms with Gasteiger partial charge in [0.2, 0.25) is 0 Å². The molecule has 1 heterocycles. The Morgan fingerprint density at radius 3 is 2.79 bits per heavy atom. The van der Waals surface area contributed by atoms with Crippen LogP contribution in [0.5, 0.6) is 0 Å². The number of H-pyrrole nitrogens is 1. The molecule has 2 aromatic rings. The van der Waals surface area contributed by atoms with E-state index in [0.29, 0.717) is 15.6 Å². The van der Waals surface area contributed by atoms with Crippen LogP contribution in [0.2, 0.25) is 10.0 Å². The smallest absolute Gasteiger partial charge is 0.380 e. The van der Waals surface area contributed by atoms with Gasteiger partial charge in [-0.05, 0) is 24.3 Å². The minimum absolute atomic E-state index is 0.0328. The van der Waals surface area contributed by atoms with Gasteiger partial charge < -0.3 is 10.6 Å². The summed E-state index contributed by atoms with van der Waals surface area (Å²) in [4.78, 5) is 16.1. The highest BCUT2D eigenvalue weighted by Gasteiger charge is 2.10. The summed E-state index contributed by atoms with van der Waals surface area (Å²) in [5, 5.41) is 10.3. The van der Waals surface area contributed by atoms with Crippen molar-refractivity contribution in [3.8, 4) is 0 Å². The third-order valence-electron chi connectivity index (χ3n) is 2.15. The molecule has 0 fully saturated rings. The number of amidine groups is 1. The molecule has 0 unspecified atom stereocenters. The van der Waals surface area contributed by atoms with Crippen molar-refractivity contribution in [2.75, 3.05) is 0 Å². The first kappa shape index (κ1) is 13.4. The van der Waals surface area contributed by atoms with Crippen molar-refractivity contribution in [2.24, 2.45) is 10.9 Å². The van der Waals surface area contributed by atoms with Gasteiger partial charge in [-0.25, -0.2) is 4.79 Å². The first-order valence-electron chi connectivity index (χ1n) is 5.07. The van der Waals surface area contributed by atoms with E-state index in [1.807, 2.05) is 0 Å². The highest BCUT2D eigenvalue weighted by Crippen LogP contribution is 2.20. The first-order chi connectivity index (χ1) is 9.08. The number of oxime groups is 1. The van der Waals surface area contributed by atoms with Crippen LogP contribution in [0.3, 0.4) is 0 Å². The minimum Gasteiger partial charge on any atom is -0.380 e. The van der Waals surface area contributed by atoms with Gasteiger partial charge in [-0.1, -0.05) is 28.4 Å². The zero-order valence-corrected chi connectivity index (χ0v) is 10.9. The van der Waals surface area contributed by atoms with E-state index in [2.05, 4.69) is 20.2 Å². The van der Waals surface area contributed by atoms with Crippen LogP contribution >= 0.6 is 23.2 Å². The predicted octanol–water partition coefficient (Wildman–Crippen LogP) is 2.19. The van der Waals surface area contributed by atoms with E-state index >= 15 is 0 Å². The average molecular weight is 299 g/mol. The molecule has 2 rings (SSSR count). The van der Waals surface area contributed by atoms with Crippen LogP contribution in [-0.2, 0) is 4.84 Å². The Bertz CT molecular complexity index is 626. The maximum atomic E-state index is 11.5. The summed E-state index contributed by atoms with van der Waals surface area (Å²) in [6.07, 6.45) is 1.42. The number of rotatable bonds is 3. The fourth-order valence-electron chi connectivity index (χ4n) is 1.26. The zero-order valence-electron chi connectivity index (χ0n) is 9.43. The van der Waals surface area contributed by atoms with Crippen molar-refractivity contribution in [1.82, 2.24) is 10.2 Å². The molecule has 1 aromatic carbocycles. The molecule has 0 aliphatic heterocycles. The van der Waals surface area contributed by atoms with Gasteiger partial charge in [-0.3, -0.25) is 5.10 Å². The number of nitrogens with one attached hydrogen (secondary N) is 1. The molecule has 6 nitrogen and oxygen atoms in total. The van der Waals surface area contributed by atoms with Gasteiger partial charge in [0.15, 0.2) is 5.84 Å². The summed E-state index contributed by atoms with van der Waals surface area (Å²) >= 11 is 11.7. The Morgan fingerprint density at radius 1 is 1.37 bits per heavy atom. The Hall–Kier alpha value is -2.05. The number of carbonyl (C=O) groups is 1. The second kappa shape index (κ2) is 5.73. The van der Waals surface area contributed by atoms with Crippen LogP contribution in [0, 0.1) is 0 Å². The van der Waals surface area contributed by atoms with Gasteiger partial charge >= 0.3 is 5.97 Å². The summed E-state index contributed by atoms with van der Waals surface area (Å²) in [7, 11) is 0. The molecule has 8 heteroatoms. The minimum atomic E-state index is -0.703. The van der Waals surface area contributed by atoms with E-state index in [1.165, 1.54) is 18.3 Å². The van der Waals surface area contributed by atoms with Crippen molar-refractivity contribution >= 4 is 35.0 Å². The second-order valence-electron chi connectivity index (χ2n) is 3.45. The summed E-state index contributed by atoms with van der Waals surface area (Å²) in [6.45, 7) is 0. The number of aromatic nitrogens is 2. The average Bonchev–Trinajstić information content (AvgIpc) is 2.89. The number of benzene rings is 1. The Morgan fingerprint density at radius 2 is 2.16 bits per heavy atom. The molecule has 0 saturated carbocycles. The Kier molecular flexibility index (Phi) is 4.03. The molecular weight excluding hydrogens is 291 g/mol. The summed E-state index contributed by atoms with van der Waals surface area (Å²) < 4.78 is 0. The highest BCUT2D eigenvalue weighted by molar-refractivity contribution is 6.36. The van der Waals surface area contributed by atoms with E-state index < -0.39 is 5.97 Å². The maximum Gasteiger partial charge on any atom is 0.383 e. The molecule has 0 saturated heterocycles. The number of nitrogens with two attached hydrogens (primary N) is 1. The molecule has 0 atom stereocenters. The summed E-state index contributed by atoms with van der Waals surface area (Å²) in [6, 6.07) is 6.14. The summed E-state index contributed by atoms with van der Waals surface area (Å²) in [5.74, 6) is -0.736. The van der Waals surface area contributed by atoms with E-state index in [0.717, 1.165) is 0 Å². The lowest BCUT2D eigenvalue weighted by Gasteiger charge is -2.03. The van der Waals surface area contributed by atoms with Crippen LogP contribution in [0.4, 0.5) is 0 Å². The van der Waals surface area contributed by atoms with Crippen molar-refractivity contribution < 1.29 is 9.63 Å². The molecule has 19 heavy (non-hydrogen) atoms. The van der Waals surface area contributed by atoms with E-state index in [4.69, 9.17) is 28.9 Å². The monoisotopic (exact) mass is 298 g/mol. The maximum absolute atomic E-state index is 11.5. The molecule has 0 aliphatic rings. The Balaban J connectivity index is 2.13. The van der Waals surface area contributed by atoms with Gasteiger partial charge in [0.05, 0.1) is 5.02 Å². The van der Waals surface area contributed by atoms with Crippen LogP contribution in [-0.4, -0.2) is 22.0 Å². The molecule has 98 valence electrons. The van der Waals surface area contributed by atoms with Crippen molar-refractivity contribution in [3.63, 3.8) is 0 Å². The SMILES string of the molecule is N/C(=N\OC(=O)c1ccn[nH]1)c1ccc(Cl)cc1Cl. The van der Waals surface area contributed by atoms with E-state index in [-0.39, 0.29) is 11.5 Å². The molecule has 0 spiro atoms. The largest absolute Gasteiger partial charge is 0.383 e. The number of hydrogen-bond donors (Lipinski definition) is 2. The van der Waals surface area contributed by atoms with Crippen LogP contribution in [0.1, 0.15) is 16.1 Å². The quantitative estimate of drug-likeness (QED) is 0.393. The zero-order chi connectivity index (χ0) is 13.8. The number of carbonyl (C=O) groups excluding carboxylic acids is 1. The lowest BCUT2D eigenvalue weighted by atomic mass is 10.2. The number of nitrogens with zero attached hydrogens (tertiary/aromatic N) is 2. The number of hydrogen-bond acceptors (Lipinski definition) is 4.